The number of carbonyl (C=O) groups excluding carboxylic acids is 1. The Labute approximate surface area is 85.5 Å². The third kappa shape index (κ3) is 2.92. The molecular formula is C6H12N3O5P. The maximum absolute atomic E-state index is 10.9. The summed E-state index contributed by atoms with van der Waals surface area (Å²) in [5.74, 6) is -0.0408. The Hall–Kier alpha value is -1.11. The van der Waals surface area contributed by atoms with E-state index in [9.17, 15) is 9.36 Å². The molecule has 0 radical (unpaired) electrons. The summed E-state index contributed by atoms with van der Waals surface area (Å²) in [5, 5.41) is 16.1. The SMILES string of the molecule is CC1(CCP(=O)(O)O)NC(=O)N/C1=N/O. The van der Waals surface area contributed by atoms with Crippen LogP contribution in [-0.2, 0) is 4.57 Å². The number of hydrogen-bond donors (Lipinski definition) is 5. The van der Waals surface area contributed by atoms with Crippen molar-refractivity contribution in [2.24, 2.45) is 5.16 Å². The fourth-order valence-corrected chi connectivity index (χ4v) is 2.01. The molecule has 1 saturated heterocycles. The van der Waals surface area contributed by atoms with Gasteiger partial charge in [-0.05, 0) is 13.3 Å². The molecule has 15 heavy (non-hydrogen) atoms. The van der Waals surface area contributed by atoms with E-state index in [1.54, 1.807) is 0 Å². The summed E-state index contributed by atoms with van der Waals surface area (Å²) >= 11 is 0. The van der Waals surface area contributed by atoms with Crippen LogP contribution in [0.4, 0.5) is 4.79 Å². The number of nitrogens with one attached hydrogen (secondary N) is 2. The van der Waals surface area contributed by atoms with Gasteiger partial charge in [-0.3, -0.25) is 9.88 Å². The second-order valence-electron chi connectivity index (χ2n) is 3.50. The molecular weight excluding hydrogens is 225 g/mol. The summed E-state index contributed by atoms with van der Waals surface area (Å²) in [6.45, 7) is 1.51. The van der Waals surface area contributed by atoms with Crippen LogP contribution >= 0.6 is 7.60 Å². The Balaban J connectivity index is 2.74. The summed E-state index contributed by atoms with van der Waals surface area (Å²) in [7, 11) is -4.13. The average Bonchev–Trinajstić information content (AvgIpc) is 2.37. The molecule has 8 nitrogen and oxygen atoms in total. The fourth-order valence-electron chi connectivity index (χ4n) is 1.27. The Bertz CT molecular complexity index is 351. The molecule has 9 heteroatoms. The van der Waals surface area contributed by atoms with Gasteiger partial charge in [-0.15, -0.1) is 0 Å². The van der Waals surface area contributed by atoms with Gasteiger partial charge in [-0.25, -0.2) is 4.79 Å². The largest absolute Gasteiger partial charge is 0.409 e. The minimum atomic E-state index is -4.13. The van der Waals surface area contributed by atoms with E-state index in [4.69, 9.17) is 15.0 Å². The van der Waals surface area contributed by atoms with E-state index in [1.165, 1.54) is 6.92 Å². The number of urea groups is 1. The van der Waals surface area contributed by atoms with Crippen molar-refractivity contribution in [1.29, 1.82) is 0 Å². The summed E-state index contributed by atoms with van der Waals surface area (Å²) in [5.41, 5.74) is -1.06. The van der Waals surface area contributed by atoms with E-state index in [2.05, 4.69) is 15.8 Å². The van der Waals surface area contributed by atoms with E-state index in [0.717, 1.165) is 0 Å². The number of amidine groups is 1. The second kappa shape index (κ2) is 3.80. The highest BCUT2D eigenvalue weighted by Gasteiger charge is 2.41. The van der Waals surface area contributed by atoms with Crippen LogP contribution in [-0.4, -0.2) is 38.6 Å². The van der Waals surface area contributed by atoms with Crippen LogP contribution in [0.5, 0.6) is 0 Å². The second-order valence-corrected chi connectivity index (χ2v) is 5.27. The Kier molecular flexibility index (Phi) is 3.03. The molecule has 1 fully saturated rings. The van der Waals surface area contributed by atoms with Crippen molar-refractivity contribution >= 4 is 19.5 Å². The van der Waals surface area contributed by atoms with Crippen molar-refractivity contribution in [2.45, 2.75) is 18.9 Å². The molecule has 1 heterocycles. The summed E-state index contributed by atoms with van der Waals surface area (Å²) in [4.78, 5) is 28.3. The van der Waals surface area contributed by atoms with E-state index < -0.39 is 25.3 Å². The first-order chi connectivity index (χ1) is 6.77. The summed E-state index contributed by atoms with van der Waals surface area (Å²) < 4.78 is 10.7. The molecule has 1 rings (SSSR count). The van der Waals surface area contributed by atoms with Gasteiger partial charge < -0.3 is 20.3 Å². The molecule has 0 saturated carbocycles. The molecule has 1 atom stereocenters. The maximum atomic E-state index is 10.9. The third-order valence-corrected chi connectivity index (χ3v) is 2.95. The zero-order valence-electron chi connectivity index (χ0n) is 7.97. The van der Waals surface area contributed by atoms with Crippen LogP contribution < -0.4 is 10.6 Å². The van der Waals surface area contributed by atoms with Gasteiger partial charge >= 0.3 is 13.6 Å². The topological polar surface area (TPSA) is 131 Å². The normalized spacial score (nSPS) is 29.0. The lowest BCUT2D eigenvalue weighted by Gasteiger charge is -2.22. The molecule has 0 aromatic carbocycles. The average molecular weight is 237 g/mol. The van der Waals surface area contributed by atoms with Gasteiger partial charge in [-0.2, -0.15) is 0 Å². The predicted octanol–water partition coefficient (Wildman–Crippen LogP) is -0.587. The third-order valence-electron chi connectivity index (χ3n) is 2.15. The van der Waals surface area contributed by atoms with Crippen molar-refractivity contribution in [1.82, 2.24) is 10.6 Å². The van der Waals surface area contributed by atoms with Crippen LogP contribution in [0.2, 0.25) is 0 Å². The highest BCUT2D eigenvalue weighted by Crippen LogP contribution is 2.37. The number of nitrogens with zero attached hydrogens (tertiary/aromatic N) is 1. The Morgan fingerprint density at radius 3 is 2.60 bits per heavy atom. The van der Waals surface area contributed by atoms with Gasteiger partial charge in [0.1, 0.15) is 5.54 Å². The van der Waals surface area contributed by atoms with Crippen molar-refractivity contribution < 1.29 is 24.4 Å². The maximum Gasteiger partial charge on any atom is 0.325 e. The van der Waals surface area contributed by atoms with E-state index in [-0.39, 0.29) is 12.3 Å². The van der Waals surface area contributed by atoms with E-state index >= 15 is 0 Å². The van der Waals surface area contributed by atoms with Gasteiger partial charge in [-0.1, -0.05) is 5.16 Å². The highest BCUT2D eigenvalue weighted by molar-refractivity contribution is 7.51. The lowest BCUT2D eigenvalue weighted by atomic mass is 9.99. The predicted molar refractivity (Wildman–Crippen MR) is 50.8 cm³/mol. The van der Waals surface area contributed by atoms with E-state index in [0.29, 0.717) is 0 Å². The zero-order chi connectivity index (χ0) is 11.7. The molecule has 2 amide bonds. The molecule has 1 aliphatic rings. The van der Waals surface area contributed by atoms with Crippen LogP contribution in [0.15, 0.2) is 5.16 Å². The molecule has 1 aliphatic heterocycles. The lowest BCUT2D eigenvalue weighted by molar-refractivity contribution is 0.244. The highest BCUT2D eigenvalue weighted by atomic mass is 31.2. The molecule has 86 valence electrons. The van der Waals surface area contributed by atoms with Crippen molar-refractivity contribution in [3.63, 3.8) is 0 Å². The standard InChI is InChI=1S/C6H12N3O5P/c1-6(2-3-15(12,13)14)4(9-11)7-5(10)8-6/h11H,2-3H2,1H3,(H2,12,13,14)(H2,7,8,9,10). The fraction of sp³-hybridized carbons (Fsp3) is 0.667. The number of oxime groups is 1. The first kappa shape index (κ1) is 12.0. The van der Waals surface area contributed by atoms with Crippen molar-refractivity contribution in [3.8, 4) is 0 Å². The van der Waals surface area contributed by atoms with Gasteiger partial charge in [0.15, 0.2) is 5.84 Å². The van der Waals surface area contributed by atoms with Crippen LogP contribution in [0.3, 0.4) is 0 Å². The van der Waals surface area contributed by atoms with Crippen molar-refractivity contribution in [2.75, 3.05) is 6.16 Å². The Morgan fingerprint density at radius 2 is 2.13 bits per heavy atom. The van der Waals surface area contributed by atoms with Gasteiger partial charge in [0.25, 0.3) is 0 Å². The van der Waals surface area contributed by atoms with Crippen molar-refractivity contribution in [3.05, 3.63) is 0 Å². The molecule has 0 bridgehead atoms. The van der Waals surface area contributed by atoms with Crippen LogP contribution in [0.1, 0.15) is 13.3 Å². The molecule has 5 N–H and O–H groups in total. The number of carbonyl (C=O) groups is 1. The quantitative estimate of drug-likeness (QED) is 0.254. The monoisotopic (exact) mass is 237 g/mol. The molecule has 0 aliphatic carbocycles. The summed E-state index contributed by atoms with van der Waals surface area (Å²) in [6.07, 6.45) is -0.417. The zero-order valence-corrected chi connectivity index (χ0v) is 8.86. The molecule has 0 aromatic heterocycles. The molecule has 0 spiro atoms. The first-order valence-electron chi connectivity index (χ1n) is 4.13. The molecule has 1 unspecified atom stereocenters. The molecule has 0 aromatic rings. The van der Waals surface area contributed by atoms with Gasteiger partial charge in [0, 0.05) is 0 Å². The van der Waals surface area contributed by atoms with Gasteiger partial charge in [0.05, 0.1) is 6.16 Å². The Morgan fingerprint density at radius 1 is 1.53 bits per heavy atom. The number of amides is 2. The minimum Gasteiger partial charge on any atom is -0.409 e. The van der Waals surface area contributed by atoms with Crippen LogP contribution in [0.25, 0.3) is 0 Å². The minimum absolute atomic E-state index is 0.0184. The van der Waals surface area contributed by atoms with E-state index in [1.807, 2.05) is 0 Å². The first-order valence-corrected chi connectivity index (χ1v) is 5.93. The lowest BCUT2D eigenvalue weighted by Crippen LogP contribution is -2.44. The van der Waals surface area contributed by atoms with Gasteiger partial charge in [0.2, 0.25) is 0 Å². The number of rotatable bonds is 3. The smallest absolute Gasteiger partial charge is 0.325 e. The number of hydrogen-bond acceptors (Lipinski definition) is 4. The van der Waals surface area contributed by atoms with Crippen LogP contribution in [0, 0.1) is 0 Å². The summed E-state index contributed by atoms with van der Waals surface area (Å²) in [6, 6.07) is -0.559.